The molecule has 1 rings (SSSR count). The molecule has 1 atom stereocenters. The molecule has 0 amide bonds. The van der Waals surface area contributed by atoms with Crippen LogP contribution >= 0.6 is 0 Å². The molecule has 0 aliphatic heterocycles. The van der Waals surface area contributed by atoms with Crippen LogP contribution in [0.3, 0.4) is 0 Å². The van der Waals surface area contributed by atoms with Gasteiger partial charge in [0.25, 0.3) is 0 Å². The zero-order valence-electron chi connectivity index (χ0n) is 10.4. The number of hydrogen-bond acceptors (Lipinski definition) is 3. The Kier molecular flexibility index (Phi) is 4.95. The maximum Gasteiger partial charge on any atom is 0.405 e. The van der Waals surface area contributed by atoms with Crippen LogP contribution in [0.5, 0.6) is 0 Å². The number of rotatable bonds is 5. The van der Waals surface area contributed by atoms with Gasteiger partial charge < -0.3 is 10.0 Å². The molecule has 1 aromatic rings. The third-order valence-corrected chi connectivity index (χ3v) is 2.62. The average Bonchev–Trinajstić information content (AvgIpc) is 2.34. The highest BCUT2D eigenvalue weighted by Gasteiger charge is 2.30. The molecule has 1 aromatic heterocycles. The van der Waals surface area contributed by atoms with Crippen LogP contribution in [0.2, 0.25) is 0 Å². The number of alkyl halides is 3. The van der Waals surface area contributed by atoms with Gasteiger partial charge >= 0.3 is 6.18 Å². The van der Waals surface area contributed by atoms with Gasteiger partial charge in [-0.25, -0.2) is 0 Å². The van der Waals surface area contributed by atoms with Crippen LogP contribution in [-0.2, 0) is 0 Å². The second kappa shape index (κ2) is 6.04. The largest absolute Gasteiger partial charge is 0.405 e. The van der Waals surface area contributed by atoms with Crippen molar-refractivity contribution in [1.82, 2.24) is 4.98 Å². The van der Waals surface area contributed by atoms with Crippen molar-refractivity contribution in [1.29, 1.82) is 0 Å². The minimum Gasteiger partial charge on any atom is -0.387 e. The van der Waals surface area contributed by atoms with Crippen LogP contribution in [0.25, 0.3) is 0 Å². The lowest BCUT2D eigenvalue weighted by molar-refractivity contribution is -0.119. The molecule has 0 radical (unpaired) electrons. The van der Waals surface area contributed by atoms with Crippen molar-refractivity contribution in [3.05, 3.63) is 24.0 Å². The summed E-state index contributed by atoms with van der Waals surface area (Å²) in [5, 5.41) is 9.55. The van der Waals surface area contributed by atoms with Gasteiger partial charge in [-0.15, -0.1) is 0 Å². The molecule has 0 fully saturated rings. The number of halogens is 3. The van der Waals surface area contributed by atoms with Gasteiger partial charge in [0.05, 0.1) is 23.7 Å². The molecule has 0 aliphatic rings. The molecule has 0 saturated heterocycles. The molecule has 102 valence electrons. The maximum atomic E-state index is 12.3. The first-order valence-electron chi connectivity index (χ1n) is 5.83. The third-order valence-electron chi connectivity index (χ3n) is 2.62. The Morgan fingerprint density at radius 3 is 2.39 bits per heavy atom. The van der Waals surface area contributed by atoms with E-state index in [0.717, 1.165) is 0 Å². The highest BCUT2D eigenvalue weighted by Crippen LogP contribution is 2.22. The molecular formula is C12H17F3N2O. The molecule has 0 spiro atoms. The van der Waals surface area contributed by atoms with Crippen LogP contribution < -0.4 is 4.90 Å². The fraction of sp³-hybridized carbons (Fsp3) is 0.583. The number of aliphatic hydroxyl groups is 1. The van der Waals surface area contributed by atoms with Crippen LogP contribution in [-0.4, -0.2) is 29.4 Å². The van der Waals surface area contributed by atoms with Crippen LogP contribution in [0.1, 0.15) is 32.1 Å². The normalized spacial score (nSPS) is 13.4. The summed E-state index contributed by atoms with van der Waals surface area (Å²) in [6.07, 6.45) is -3.02. The second-order valence-electron chi connectivity index (χ2n) is 3.99. The quantitative estimate of drug-likeness (QED) is 0.886. The minimum atomic E-state index is -4.24. The van der Waals surface area contributed by atoms with Gasteiger partial charge in [-0.1, -0.05) is 6.92 Å². The average molecular weight is 262 g/mol. The van der Waals surface area contributed by atoms with E-state index in [2.05, 4.69) is 4.98 Å². The second-order valence-corrected chi connectivity index (χ2v) is 3.99. The molecule has 1 N–H and O–H groups in total. The Bertz CT molecular complexity index is 365. The van der Waals surface area contributed by atoms with Gasteiger partial charge in [0, 0.05) is 6.54 Å². The lowest BCUT2D eigenvalue weighted by atomic mass is 10.2. The summed E-state index contributed by atoms with van der Waals surface area (Å²) in [6, 6.07) is 3.11. The molecule has 3 nitrogen and oxygen atoms in total. The SMILES string of the molecule is CC[C@@H](O)c1ccc(N(CC)CC(F)(F)F)cn1. The van der Waals surface area contributed by atoms with Gasteiger partial charge in [-0.3, -0.25) is 4.98 Å². The zero-order chi connectivity index (χ0) is 13.8. The molecule has 0 saturated carbocycles. The molecule has 6 heteroatoms. The minimum absolute atomic E-state index is 0.247. The fourth-order valence-electron chi connectivity index (χ4n) is 1.59. The van der Waals surface area contributed by atoms with E-state index in [9.17, 15) is 18.3 Å². The Balaban J connectivity index is 2.82. The number of pyridine rings is 1. The van der Waals surface area contributed by atoms with Crippen molar-refractivity contribution < 1.29 is 18.3 Å². The maximum absolute atomic E-state index is 12.3. The summed E-state index contributed by atoms with van der Waals surface area (Å²) in [7, 11) is 0. The van der Waals surface area contributed by atoms with E-state index in [4.69, 9.17) is 0 Å². The van der Waals surface area contributed by atoms with Crippen molar-refractivity contribution in [2.24, 2.45) is 0 Å². The van der Waals surface area contributed by atoms with E-state index in [1.54, 1.807) is 19.1 Å². The van der Waals surface area contributed by atoms with E-state index >= 15 is 0 Å². The van der Waals surface area contributed by atoms with E-state index in [-0.39, 0.29) is 6.54 Å². The molecular weight excluding hydrogens is 245 g/mol. The summed E-state index contributed by atoms with van der Waals surface area (Å²) in [5.74, 6) is 0. The highest BCUT2D eigenvalue weighted by molar-refractivity contribution is 5.44. The summed E-state index contributed by atoms with van der Waals surface area (Å²) in [4.78, 5) is 5.18. The van der Waals surface area contributed by atoms with Crippen molar-refractivity contribution in [2.45, 2.75) is 32.5 Å². The van der Waals surface area contributed by atoms with Crippen LogP contribution in [0, 0.1) is 0 Å². The number of nitrogens with zero attached hydrogens (tertiary/aromatic N) is 2. The molecule has 0 aliphatic carbocycles. The predicted molar refractivity (Wildman–Crippen MR) is 63.4 cm³/mol. The monoisotopic (exact) mass is 262 g/mol. The predicted octanol–water partition coefficient (Wildman–Crippen LogP) is 2.91. The van der Waals surface area contributed by atoms with Crippen LogP contribution in [0.4, 0.5) is 18.9 Å². The van der Waals surface area contributed by atoms with Crippen molar-refractivity contribution in [3.8, 4) is 0 Å². The van der Waals surface area contributed by atoms with E-state index in [0.29, 0.717) is 17.8 Å². The van der Waals surface area contributed by atoms with E-state index in [1.807, 2.05) is 6.92 Å². The highest BCUT2D eigenvalue weighted by atomic mass is 19.4. The summed E-state index contributed by atoms with van der Waals surface area (Å²) < 4.78 is 37.0. The van der Waals surface area contributed by atoms with Crippen LogP contribution in [0.15, 0.2) is 18.3 Å². The summed E-state index contributed by atoms with van der Waals surface area (Å²) in [6.45, 7) is 2.71. The molecule has 0 aromatic carbocycles. The van der Waals surface area contributed by atoms with E-state index in [1.165, 1.54) is 11.1 Å². The molecule has 18 heavy (non-hydrogen) atoms. The number of aliphatic hydroxyl groups excluding tert-OH is 1. The van der Waals surface area contributed by atoms with Crippen molar-refractivity contribution in [2.75, 3.05) is 18.0 Å². The first-order chi connectivity index (χ1) is 8.37. The first-order valence-corrected chi connectivity index (χ1v) is 5.83. The van der Waals surface area contributed by atoms with Crippen molar-refractivity contribution in [3.63, 3.8) is 0 Å². The standard InChI is InChI=1S/C12H17F3N2O/c1-3-11(18)10-6-5-9(7-16-10)17(4-2)8-12(13,14)15/h5-7,11,18H,3-4,8H2,1-2H3/t11-/m1/s1. The number of anilines is 1. The van der Waals surface area contributed by atoms with Gasteiger partial charge in [0.15, 0.2) is 0 Å². The zero-order valence-corrected chi connectivity index (χ0v) is 10.4. The summed E-state index contributed by atoms with van der Waals surface area (Å²) in [5.41, 5.74) is 0.881. The van der Waals surface area contributed by atoms with Gasteiger partial charge in [0.1, 0.15) is 6.54 Å². The Morgan fingerprint density at radius 1 is 1.33 bits per heavy atom. The third kappa shape index (κ3) is 4.18. The van der Waals surface area contributed by atoms with Crippen molar-refractivity contribution >= 4 is 5.69 Å². The van der Waals surface area contributed by atoms with Gasteiger partial charge in [0.2, 0.25) is 0 Å². The molecule has 0 unspecified atom stereocenters. The van der Waals surface area contributed by atoms with Gasteiger partial charge in [-0.2, -0.15) is 13.2 Å². The Morgan fingerprint density at radius 2 is 2.00 bits per heavy atom. The fourth-order valence-corrected chi connectivity index (χ4v) is 1.59. The van der Waals surface area contributed by atoms with Gasteiger partial charge in [-0.05, 0) is 25.5 Å². The Labute approximate surface area is 104 Å². The summed E-state index contributed by atoms with van der Waals surface area (Å²) >= 11 is 0. The first kappa shape index (κ1) is 14.8. The molecule has 1 heterocycles. The number of hydrogen-bond donors (Lipinski definition) is 1. The Hall–Kier alpha value is -1.30. The van der Waals surface area contributed by atoms with E-state index < -0.39 is 18.8 Å². The number of aromatic nitrogens is 1. The lowest BCUT2D eigenvalue weighted by Gasteiger charge is -2.24. The topological polar surface area (TPSA) is 36.4 Å². The smallest absolute Gasteiger partial charge is 0.387 e. The molecule has 0 bridgehead atoms. The lowest BCUT2D eigenvalue weighted by Crippen LogP contribution is -2.34.